The standard InChI is InChI=1S/C24H24N6O3S/c1-4-18-7-11-21(12-8-18)30(17(3)31)24-25-20(15-34-24)14-33-22(32)13-29-27-23(26-28-29)19-9-5-16(2)6-10-19/h5-12,15H,4,13-14H2,1-3H3. The Labute approximate surface area is 201 Å². The Balaban J connectivity index is 1.36. The topological polar surface area (TPSA) is 103 Å². The first kappa shape index (κ1) is 23.2. The molecule has 0 unspecified atom stereocenters. The van der Waals surface area contributed by atoms with Crippen LogP contribution in [0.3, 0.4) is 0 Å². The van der Waals surface area contributed by atoms with E-state index in [4.69, 9.17) is 4.74 Å². The fourth-order valence-corrected chi connectivity index (χ4v) is 4.09. The number of nitrogens with zero attached hydrogens (tertiary/aromatic N) is 6. The molecule has 0 aliphatic heterocycles. The lowest BCUT2D eigenvalue weighted by Crippen LogP contribution is -2.22. The molecule has 9 nitrogen and oxygen atoms in total. The van der Waals surface area contributed by atoms with Gasteiger partial charge < -0.3 is 4.74 Å². The number of hydrogen-bond donors (Lipinski definition) is 0. The molecule has 0 saturated carbocycles. The molecule has 2 aromatic heterocycles. The van der Waals surface area contributed by atoms with Crippen molar-refractivity contribution in [3.8, 4) is 11.4 Å². The van der Waals surface area contributed by atoms with Crippen molar-refractivity contribution in [3.63, 3.8) is 0 Å². The monoisotopic (exact) mass is 476 g/mol. The van der Waals surface area contributed by atoms with Crippen LogP contribution < -0.4 is 4.90 Å². The smallest absolute Gasteiger partial charge is 0.330 e. The maximum atomic E-state index is 12.3. The normalized spacial score (nSPS) is 10.8. The van der Waals surface area contributed by atoms with Crippen LogP contribution in [0, 0.1) is 6.92 Å². The van der Waals surface area contributed by atoms with E-state index in [0.717, 1.165) is 23.2 Å². The Hall–Kier alpha value is -3.92. The average molecular weight is 477 g/mol. The molecule has 2 aromatic carbocycles. The van der Waals surface area contributed by atoms with E-state index in [1.54, 1.807) is 10.3 Å². The van der Waals surface area contributed by atoms with Gasteiger partial charge >= 0.3 is 5.97 Å². The summed E-state index contributed by atoms with van der Waals surface area (Å²) in [6.45, 7) is 5.38. The molecule has 0 N–H and O–H groups in total. The lowest BCUT2D eigenvalue weighted by atomic mass is 10.1. The summed E-state index contributed by atoms with van der Waals surface area (Å²) in [6, 6.07) is 15.5. The summed E-state index contributed by atoms with van der Waals surface area (Å²) in [4.78, 5) is 31.8. The van der Waals surface area contributed by atoms with Crippen LogP contribution in [0.4, 0.5) is 10.8 Å². The van der Waals surface area contributed by atoms with Crippen LogP contribution in [0.1, 0.15) is 30.7 Å². The number of carbonyl (C=O) groups is 2. The number of tetrazole rings is 1. The molecule has 0 aliphatic carbocycles. The number of amides is 1. The largest absolute Gasteiger partial charge is 0.458 e. The predicted octanol–water partition coefficient (Wildman–Crippen LogP) is 4.10. The number of aromatic nitrogens is 5. The Morgan fingerprint density at radius 3 is 2.50 bits per heavy atom. The van der Waals surface area contributed by atoms with Crippen LogP contribution in [0.5, 0.6) is 0 Å². The summed E-state index contributed by atoms with van der Waals surface area (Å²) < 4.78 is 5.33. The molecule has 1 amide bonds. The fourth-order valence-electron chi connectivity index (χ4n) is 3.22. The molecule has 10 heteroatoms. The number of anilines is 2. The Bertz CT molecular complexity index is 1280. The zero-order chi connectivity index (χ0) is 24.1. The molecule has 34 heavy (non-hydrogen) atoms. The van der Waals surface area contributed by atoms with E-state index in [9.17, 15) is 9.59 Å². The van der Waals surface area contributed by atoms with E-state index in [-0.39, 0.29) is 19.1 Å². The van der Waals surface area contributed by atoms with E-state index in [2.05, 4.69) is 27.3 Å². The Morgan fingerprint density at radius 1 is 1.09 bits per heavy atom. The van der Waals surface area contributed by atoms with E-state index < -0.39 is 5.97 Å². The van der Waals surface area contributed by atoms with Gasteiger partial charge in [-0.1, -0.05) is 48.9 Å². The van der Waals surface area contributed by atoms with Gasteiger partial charge in [-0.15, -0.1) is 21.5 Å². The van der Waals surface area contributed by atoms with Gasteiger partial charge in [-0.25, -0.2) is 9.78 Å². The molecule has 0 atom stereocenters. The first-order valence-corrected chi connectivity index (χ1v) is 11.7. The van der Waals surface area contributed by atoms with Gasteiger partial charge in [0.1, 0.15) is 6.61 Å². The van der Waals surface area contributed by atoms with E-state index in [0.29, 0.717) is 16.6 Å². The summed E-state index contributed by atoms with van der Waals surface area (Å²) >= 11 is 1.31. The molecule has 0 aliphatic rings. The lowest BCUT2D eigenvalue weighted by molar-refractivity contribution is -0.146. The van der Waals surface area contributed by atoms with Gasteiger partial charge in [-0.2, -0.15) is 4.80 Å². The first-order valence-electron chi connectivity index (χ1n) is 10.8. The lowest BCUT2D eigenvalue weighted by Gasteiger charge is -2.18. The van der Waals surface area contributed by atoms with E-state index >= 15 is 0 Å². The fraction of sp³-hybridized carbons (Fsp3) is 0.250. The second kappa shape index (κ2) is 10.3. The molecule has 174 valence electrons. The van der Waals surface area contributed by atoms with Crippen molar-refractivity contribution in [2.75, 3.05) is 4.90 Å². The highest BCUT2D eigenvalue weighted by Gasteiger charge is 2.19. The molecule has 0 spiro atoms. The zero-order valence-corrected chi connectivity index (χ0v) is 20.0. The summed E-state index contributed by atoms with van der Waals surface area (Å²) in [5, 5.41) is 14.4. The van der Waals surface area contributed by atoms with Gasteiger partial charge in [-0.05, 0) is 36.3 Å². The molecule has 2 heterocycles. The van der Waals surface area contributed by atoms with Crippen LogP contribution in [0.25, 0.3) is 11.4 Å². The quantitative estimate of drug-likeness (QED) is 0.353. The SMILES string of the molecule is CCc1ccc(N(C(C)=O)c2nc(COC(=O)Cn3nnc(-c4ccc(C)cc4)n3)cs2)cc1. The molecule has 0 radical (unpaired) electrons. The summed E-state index contributed by atoms with van der Waals surface area (Å²) in [7, 11) is 0. The zero-order valence-electron chi connectivity index (χ0n) is 19.1. The number of aryl methyl sites for hydroxylation is 2. The summed E-state index contributed by atoms with van der Waals surface area (Å²) in [6.07, 6.45) is 0.921. The van der Waals surface area contributed by atoms with Crippen molar-refractivity contribution < 1.29 is 14.3 Å². The molecular weight excluding hydrogens is 452 g/mol. The van der Waals surface area contributed by atoms with Gasteiger partial charge in [0.25, 0.3) is 0 Å². The third-order valence-corrected chi connectivity index (χ3v) is 5.94. The molecular formula is C24H24N6O3S. The number of benzene rings is 2. The van der Waals surface area contributed by atoms with Crippen molar-refractivity contribution in [1.29, 1.82) is 0 Å². The summed E-state index contributed by atoms with van der Waals surface area (Å²) in [5.74, 6) is -0.224. The third kappa shape index (κ3) is 5.52. The van der Waals surface area contributed by atoms with Gasteiger partial charge in [0.15, 0.2) is 11.7 Å². The summed E-state index contributed by atoms with van der Waals surface area (Å²) in [5.41, 5.74) is 4.43. The van der Waals surface area contributed by atoms with Gasteiger partial charge in [0.05, 0.1) is 11.4 Å². The second-order valence-electron chi connectivity index (χ2n) is 7.67. The Kier molecular flexibility index (Phi) is 7.07. The number of rotatable bonds is 8. The van der Waals surface area contributed by atoms with E-state index in [1.165, 1.54) is 28.6 Å². The maximum absolute atomic E-state index is 12.3. The van der Waals surface area contributed by atoms with E-state index in [1.807, 2.05) is 55.5 Å². The van der Waals surface area contributed by atoms with Crippen molar-refractivity contribution in [3.05, 3.63) is 70.7 Å². The van der Waals surface area contributed by atoms with Gasteiger partial charge in [0, 0.05) is 17.9 Å². The van der Waals surface area contributed by atoms with Gasteiger partial charge in [0.2, 0.25) is 11.7 Å². The molecule has 4 aromatic rings. The number of carbonyl (C=O) groups excluding carboxylic acids is 2. The first-order chi connectivity index (χ1) is 16.4. The van der Waals surface area contributed by atoms with Crippen molar-refractivity contribution in [2.24, 2.45) is 0 Å². The van der Waals surface area contributed by atoms with Crippen LogP contribution in [0.2, 0.25) is 0 Å². The highest BCUT2D eigenvalue weighted by Crippen LogP contribution is 2.29. The second-order valence-corrected chi connectivity index (χ2v) is 8.50. The molecule has 0 saturated heterocycles. The number of hydrogen-bond acceptors (Lipinski definition) is 8. The van der Waals surface area contributed by atoms with Crippen LogP contribution in [0.15, 0.2) is 53.9 Å². The minimum atomic E-state index is -0.513. The minimum Gasteiger partial charge on any atom is -0.458 e. The van der Waals surface area contributed by atoms with Crippen molar-refractivity contribution in [1.82, 2.24) is 25.2 Å². The maximum Gasteiger partial charge on any atom is 0.330 e. The molecule has 0 fully saturated rings. The van der Waals surface area contributed by atoms with Crippen LogP contribution >= 0.6 is 11.3 Å². The highest BCUT2D eigenvalue weighted by atomic mass is 32.1. The highest BCUT2D eigenvalue weighted by molar-refractivity contribution is 7.14. The molecule has 0 bridgehead atoms. The minimum absolute atomic E-state index is 0.0185. The number of esters is 1. The number of thiazole rings is 1. The van der Waals surface area contributed by atoms with Gasteiger partial charge in [-0.3, -0.25) is 9.69 Å². The average Bonchev–Trinajstić information content (AvgIpc) is 3.48. The Morgan fingerprint density at radius 2 is 1.82 bits per heavy atom. The number of ether oxygens (including phenoxy) is 1. The molecule has 4 rings (SSSR count). The third-order valence-electron chi connectivity index (χ3n) is 5.06. The predicted molar refractivity (Wildman–Crippen MR) is 129 cm³/mol. The van der Waals surface area contributed by atoms with Crippen LogP contribution in [-0.4, -0.2) is 37.1 Å². The van der Waals surface area contributed by atoms with Crippen LogP contribution in [-0.2, 0) is 33.9 Å². The van der Waals surface area contributed by atoms with Crippen molar-refractivity contribution >= 4 is 34.0 Å². The van der Waals surface area contributed by atoms with Crippen molar-refractivity contribution in [2.45, 2.75) is 40.3 Å².